The number of ether oxygens (including phenoxy) is 2. The van der Waals surface area contributed by atoms with Gasteiger partial charge in [-0.05, 0) is 31.0 Å². The second kappa shape index (κ2) is 8.23. The van der Waals surface area contributed by atoms with E-state index in [1.54, 1.807) is 0 Å². The van der Waals surface area contributed by atoms with Crippen LogP contribution in [0.5, 0.6) is 11.5 Å². The summed E-state index contributed by atoms with van der Waals surface area (Å²) in [5.41, 5.74) is 7.31. The van der Waals surface area contributed by atoms with Gasteiger partial charge >= 0.3 is 0 Å². The zero-order chi connectivity index (χ0) is 15.8. The van der Waals surface area contributed by atoms with E-state index in [-0.39, 0.29) is 43.6 Å². The van der Waals surface area contributed by atoms with Crippen molar-refractivity contribution in [2.45, 2.75) is 18.9 Å². The summed E-state index contributed by atoms with van der Waals surface area (Å²) < 4.78 is 10.7. The molecule has 0 atom stereocenters. The monoisotopic (exact) mass is 403 g/mol. The van der Waals surface area contributed by atoms with Crippen LogP contribution in [0.4, 0.5) is 0 Å². The summed E-state index contributed by atoms with van der Waals surface area (Å²) in [6, 6.07) is 5.90. The summed E-state index contributed by atoms with van der Waals surface area (Å²) in [5, 5.41) is 2.62. The third-order valence-electron chi connectivity index (χ3n) is 4.17. The van der Waals surface area contributed by atoms with E-state index in [4.69, 9.17) is 15.2 Å². The van der Waals surface area contributed by atoms with Gasteiger partial charge in [0.25, 0.3) is 5.91 Å². The Kier molecular flexibility index (Phi) is 6.51. The molecule has 4 rings (SSSR count). The van der Waals surface area contributed by atoms with Crippen molar-refractivity contribution in [1.82, 2.24) is 9.88 Å². The summed E-state index contributed by atoms with van der Waals surface area (Å²) in [6.45, 7) is 1.66. The molecule has 2 N–H and O–H groups in total. The molecule has 1 saturated heterocycles. The summed E-state index contributed by atoms with van der Waals surface area (Å²) in [6.07, 6.45) is 1.70. The first kappa shape index (κ1) is 19.8. The van der Waals surface area contributed by atoms with Crippen LogP contribution in [0.1, 0.15) is 23.3 Å². The van der Waals surface area contributed by atoms with Gasteiger partial charge in [0, 0.05) is 30.1 Å². The summed E-state index contributed by atoms with van der Waals surface area (Å²) >= 11 is 1.46. The number of amides is 1. The molecule has 0 aliphatic carbocycles. The first-order chi connectivity index (χ1) is 11.2. The molecule has 0 unspecified atom stereocenters. The highest BCUT2D eigenvalue weighted by molar-refractivity contribution is 7.13. The standard InChI is InChI=1S/C16H17N3O3S.2ClH/c17-11-3-5-19(6-4-11)16(20)12-8-23-15(18-12)10-1-2-13-14(7-10)22-9-21-13;;/h1-2,7-8,11H,3-6,9,17H2;2*1H. The SMILES string of the molecule is Cl.Cl.NC1CCN(C(=O)c2csc(-c3ccc4c(c3)OCO4)n2)CC1. The van der Waals surface area contributed by atoms with Crippen LogP contribution in [0, 0.1) is 0 Å². The van der Waals surface area contributed by atoms with Crippen LogP contribution in [0.3, 0.4) is 0 Å². The van der Waals surface area contributed by atoms with Gasteiger partial charge in [0.1, 0.15) is 10.7 Å². The number of hydrogen-bond acceptors (Lipinski definition) is 6. The van der Waals surface area contributed by atoms with Crippen molar-refractivity contribution < 1.29 is 14.3 Å². The molecule has 0 saturated carbocycles. The van der Waals surface area contributed by atoms with E-state index in [2.05, 4.69) is 4.98 Å². The molecule has 3 heterocycles. The van der Waals surface area contributed by atoms with Gasteiger partial charge in [0.15, 0.2) is 11.5 Å². The van der Waals surface area contributed by atoms with Gasteiger partial charge in [-0.1, -0.05) is 0 Å². The number of thiazole rings is 1. The molecule has 1 fully saturated rings. The van der Waals surface area contributed by atoms with Gasteiger partial charge in [-0.3, -0.25) is 4.79 Å². The molecule has 2 aliphatic rings. The number of carbonyl (C=O) groups is 1. The van der Waals surface area contributed by atoms with Gasteiger partial charge in [0.05, 0.1) is 0 Å². The number of carbonyl (C=O) groups excluding carboxylic acids is 1. The van der Waals surface area contributed by atoms with E-state index >= 15 is 0 Å². The second-order valence-electron chi connectivity index (χ2n) is 5.74. The number of likely N-dealkylation sites (tertiary alicyclic amines) is 1. The molecule has 0 bridgehead atoms. The molecule has 2 aromatic rings. The van der Waals surface area contributed by atoms with Crippen LogP contribution in [-0.4, -0.2) is 41.7 Å². The quantitative estimate of drug-likeness (QED) is 0.833. The average Bonchev–Trinajstić information content (AvgIpc) is 3.23. The van der Waals surface area contributed by atoms with Gasteiger partial charge in [-0.25, -0.2) is 4.98 Å². The Morgan fingerprint density at radius 3 is 2.68 bits per heavy atom. The summed E-state index contributed by atoms with van der Waals surface area (Å²) in [7, 11) is 0. The minimum Gasteiger partial charge on any atom is -0.454 e. The molecule has 9 heteroatoms. The van der Waals surface area contributed by atoms with Crippen molar-refractivity contribution in [3.05, 3.63) is 29.3 Å². The lowest BCUT2D eigenvalue weighted by Crippen LogP contribution is -2.42. The first-order valence-corrected chi connectivity index (χ1v) is 8.49. The fourth-order valence-electron chi connectivity index (χ4n) is 2.80. The van der Waals surface area contributed by atoms with E-state index < -0.39 is 0 Å². The largest absolute Gasteiger partial charge is 0.454 e. The maximum atomic E-state index is 12.5. The maximum absolute atomic E-state index is 12.5. The van der Waals surface area contributed by atoms with Gasteiger partial charge < -0.3 is 20.1 Å². The van der Waals surface area contributed by atoms with E-state index in [1.165, 1.54) is 11.3 Å². The maximum Gasteiger partial charge on any atom is 0.273 e. The van der Waals surface area contributed by atoms with E-state index in [0.717, 1.165) is 34.9 Å². The van der Waals surface area contributed by atoms with Crippen molar-refractivity contribution in [3.63, 3.8) is 0 Å². The fraction of sp³-hybridized carbons (Fsp3) is 0.375. The number of aromatic nitrogens is 1. The predicted octanol–water partition coefficient (Wildman–Crippen LogP) is 2.95. The molecule has 25 heavy (non-hydrogen) atoms. The Morgan fingerprint density at radius 2 is 1.92 bits per heavy atom. The Hall–Kier alpha value is -1.54. The number of nitrogens with zero attached hydrogens (tertiary/aromatic N) is 2. The second-order valence-corrected chi connectivity index (χ2v) is 6.59. The highest BCUT2D eigenvalue weighted by Gasteiger charge is 2.24. The van der Waals surface area contributed by atoms with E-state index in [0.29, 0.717) is 18.8 Å². The number of rotatable bonds is 2. The molecule has 136 valence electrons. The molecule has 0 spiro atoms. The van der Waals surface area contributed by atoms with Gasteiger partial charge in [0.2, 0.25) is 6.79 Å². The molecule has 2 aliphatic heterocycles. The Bertz CT molecular complexity index is 748. The van der Waals surface area contributed by atoms with Crippen LogP contribution in [-0.2, 0) is 0 Å². The molecule has 1 aromatic carbocycles. The molecule has 1 amide bonds. The minimum atomic E-state index is -0.0138. The normalized spacial score (nSPS) is 16.1. The predicted molar refractivity (Wildman–Crippen MR) is 101 cm³/mol. The van der Waals surface area contributed by atoms with Crippen molar-refractivity contribution >= 4 is 42.1 Å². The first-order valence-electron chi connectivity index (χ1n) is 7.61. The van der Waals surface area contributed by atoms with Gasteiger partial charge in [-0.2, -0.15) is 0 Å². The zero-order valence-corrected chi connectivity index (χ0v) is 15.8. The molecular formula is C16H19Cl2N3O3S. The lowest BCUT2D eigenvalue weighted by molar-refractivity contribution is 0.0709. The van der Waals surface area contributed by atoms with Crippen LogP contribution in [0.25, 0.3) is 10.6 Å². The van der Waals surface area contributed by atoms with E-state index in [1.807, 2.05) is 28.5 Å². The minimum absolute atomic E-state index is 0. The highest BCUT2D eigenvalue weighted by atomic mass is 35.5. The van der Waals surface area contributed by atoms with E-state index in [9.17, 15) is 4.79 Å². The van der Waals surface area contributed by atoms with Crippen LogP contribution in [0.2, 0.25) is 0 Å². The smallest absolute Gasteiger partial charge is 0.273 e. The Morgan fingerprint density at radius 1 is 1.20 bits per heavy atom. The Balaban J connectivity index is 0.00000113. The fourth-order valence-corrected chi connectivity index (χ4v) is 3.59. The number of halogens is 2. The average molecular weight is 404 g/mol. The third kappa shape index (κ3) is 4.00. The number of benzene rings is 1. The lowest BCUT2D eigenvalue weighted by Gasteiger charge is -2.29. The zero-order valence-electron chi connectivity index (χ0n) is 13.3. The van der Waals surface area contributed by atoms with Crippen molar-refractivity contribution in [2.24, 2.45) is 5.73 Å². The summed E-state index contributed by atoms with van der Waals surface area (Å²) in [5.74, 6) is 1.45. The number of piperidine rings is 1. The Labute approximate surface area is 162 Å². The number of nitrogens with two attached hydrogens (primary N) is 1. The topological polar surface area (TPSA) is 77.7 Å². The third-order valence-corrected chi connectivity index (χ3v) is 5.06. The molecule has 0 radical (unpaired) electrons. The lowest BCUT2D eigenvalue weighted by atomic mass is 10.1. The highest BCUT2D eigenvalue weighted by Crippen LogP contribution is 2.36. The van der Waals surface area contributed by atoms with Gasteiger partial charge in [-0.15, -0.1) is 36.2 Å². The van der Waals surface area contributed by atoms with Crippen LogP contribution < -0.4 is 15.2 Å². The van der Waals surface area contributed by atoms with Crippen molar-refractivity contribution in [3.8, 4) is 22.1 Å². The molecule has 6 nitrogen and oxygen atoms in total. The number of hydrogen-bond donors (Lipinski definition) is 1. The molecule has 1 aromatic heterocycles. The van der Waals surface area contributed by atoms with Crippen molar-refractivity contribution in [1.29, 1.82) is 0 Å². The number of fused-ring (bicyclic) bond motifs is 1. The van der Waals surface area contributed by atoms with Crippen molar-refractivity contribution in [2.75, 3.05) is 19.9 Å². The van der Waals surface area contributed by atoms with Crippen LogP contribution in [0.15, 0.2) is 23.6 Å². The molecular weight excluding hydrogens is 385 g/mol. The summed E-state index contributed by atoms with van der Waals surface area (Å²) in [4.78, 5) is 18.9. The van der Waals surface area contributed by atoms with Crippen LogP contribution >= 0.6 is 36.2 Å².